The van der Waals surface area contributed by atoms with E-state index in [-0.39, 0.29) is 36.2 Å². The van der Waals surface area contributed by atoms with Crippen LogP contribution in [0.2, 0.25) is 0 Å². The summed E-state index contributed by atoms with van der Waals surface area (Å²) in [6, 6.07) is 11.9. The Labute approximate surface area is 164 Å². The second-order valence-electron chi connectivity index (χ2n) is 7.28. The molecule has 0 saturated carbocycles. The molecule has 6 nitrogen and oxygen atoms in total. The monoisotopic (exact) mass is 380 g/mol. The number of ether oxygens (including phenoxy) is 1. The Hall–Kier alpha value is -3.15. The molecule has 146 valence electrons. The minimum atomic E-state index is -0.323. The number of imide groups is 1. The highest BCUT2D eigenvalue weighted by Crippen LogP contribution is 2.26. The van der Waals surface area contributed by atoms with Crippen LogP contribution in [0, 0.1) is 5.92 Å². The second-order valence-corrected chi connectivity index (χ2v) is 7.28. The summed E-state index contributed by atoms with van der Waals surface area (Å²) in [4.78, 5) is 39.0. The molecule has 1 N–H and O–H groups in total. The third-order valence-electron chi connectivity index (χ3n) is 5.09. The zero-order valence-electron chi connectivity index (χ0n) is 16.5. The van der Waals surface area contributed by atoms with E-state index < -0.39 is 0 Å². The number of carbonyl (C=O) groups is 3. The zero-order chi connectivity index (χ0) is 20.4. The van der Waals surface area contributed by atoms with E-state index >= 15 is 0 Å². The molecule has 0 aliphatic carbocycles. The van der Waals surface area contributed by atoms with Gasteiger partial charge < -0.3 is 10.1 Å². The van der Waals surface area contributed by atoms with Crippen molar-refractivity contribution in [1.29, 1.82) is 0 Å². The molecule has 0 radical (unpaired) electrons. The SMILES string of the molecule is COc1ccc(CN2C(=O)c3ccccc3C2=O)cc1C(=O)NC(C)C(C)C. The van der Waals surface area contributed by atoms with Crippen LogP contribution in [0.1, 0.15) is 57.4 Å². The lowest BCUT2D eigenvalue weighted by molar-refractivity contribution is 0.0642. The first-order chi connectivity index (χ1) is 13.3. The van der Waals surface area contributed by atoms with E-state index in [1.807, 2.05) is 20.8 Å². The number of hydrogen-bond donors (Lipinski definition) is 1. The largest absolute Gasteiger partial charge is 0.496 e. The van der Waals surface area contributed by atoms with Gasteiger partial charge in [0, 0.05) is 6.04 Å². The molecule has 0 bridgehead atoms. The number of nitrogens with zero attached hydrogens (tertiary/aromatic N) is 1. The highest BCUT2D eigenvalue weighted by molar-refractivity contribution is 6.21. The number of carbonyl (C=O) groups excluding carboxylic acids is 3. The summed E-state index contributed by atoms with van der Waals surface area (Å²) in [6.07, 6.45) is 0. The molecule has 3 rings (SSSR count). The van der Waals surface area contributed by atoms with E-state index in [9.17, 15) is 14.4 Å². The Kier molecular flexibility index (Phi) is 5.49. The number of fused-ring (bicyclic) bond motifs is 1. The predicted molar refractivity (Wildman–Crippen MR) is 105 cm³/mol. The van der Waals surface area contributed by atoms with Gasteiger partial charge in [0.1, 0.15) is 5.75 Å². The average Bonchev–Trinajstić information content (AvgIpc) is 2.93. The van der Waals surface area contributed by atoms with E-state index in [0.29, 0.717) is 28.0 Å². The molecule has 0 aromatic heterocycles. The van der Waals surface area contributed by atoms with E-state index in [2.05, 4.69) is 5.32 Å². The second kappa shape index (κ2) is 7.84. The summed E-state index contributed by atoms with van der Waals surface area (Å²) < 4.78 is 5.32. The van der Waals surface area contributed by atoms with Crippen LogP contribution >= 0.6 is 0 Å². The molecular formula is C22H24N2O4. The highest BCUT2D eigenvalue weighted by atomic mass is 16.5. The summed E-state index contributed by atoms with van der Waals surface area (Å²) in [5.74, 6) is -0.162. The van der Waals surface area contributed by atoms with Gasteiger partial charge in [-0.1, -0.05) is 32.0 Å². The van der Waals surface area contributed by atoms with Crippen LogP contribution in [0.25, 0.3) is 0 Å². The number of methoxy groups -OCH3 is 1. The van der Waals surface area contributed by atoms with Crippen molar-refractivity contribution in [2.24, 2.45) is 5.92 Å². The molecule has 1 heterocycles. The number of rotatable bonds is 6. The number of hydrogen-bond acceptors (Lipinski definition) is 4. The lowest BCUT2D eigenvalue weighted by atomic mass is 10.0. The predicted octanol–water partition coefficient (Wildman–Crippen LogP) is 3.27. The van der Waals surface area contributed by atoms with Crippen molar-refractivity contribution in [2.45, 2.75) is 33.4 Å². The third-order valence-corrected chi connectivity index (χ3v) is 5.09. The molecular weight excluding hydrogens is 356 g/mol. The fourth-order valence-corrected chi connectivity index (χ4v) is 3.05. The molecule has 0 fully saturated rings. The normalized spacial score (nSPS) is 14.2. The van der Waals surface area contributed by atoms with E-state index in [0.717, 1.165) is 0 Å². The van der Waals surface area contributed by atoms with E-state index in [1.54, 1.807) is 42.5 Å². The smallest absolute Gasteiger partial charge is 0.261 e. The topological polar surface area (TPSA) is 75.7 Å². The molecule has 0 saturated heterocycles. The molecule has 3 amide bonds. The lowest BCUT2D eigenvalue weighted by Crippen LogP contribution is -2.36. The van der Waals surface area contributed by atoms with Gasteiger partial charge in [-0.05, 0) is 42.7 Å². The molecule has 2 aromatic rings. The average molecular weight is 380 g/mol. The van der Waals surface area contributed by atoms with Gasteiger partial charge in [0.05, 0.1) is 30.3 Å². The van der Waals surface area contributed by atoms with Crippen LogP contribution in [0.15, 0.2) is 42.5 Å². The van der Waals surface area contributed by atoms with Gasteiger partial charge in [0.2, 0.25) is 0 Å². The highest BCUT2D eigenvalue weighted by Gasteiger charge is 2.35. The summed E-state index contributed by atoms with van der Waals surface area (Å²) in [6.45, 7) is 6.09. The fraction of sp³-hybridized carbons (Fsp3) is 0.318. The van der Waals surface area contributed by atoms with Crippen molar-refractivity contribution in [1.82, 2.24) is 10.2 Å². The van der Waals surface area contributed by atoms with Crippen LogP contribution in [0.3, 0.4) is 0 Å². The first-order valence-electron chi connectivity index (χ1n) is 9.26. The van der Waals surface area contributed by atoms with Crippen molar-refractivity contribution in [3.05, 3.63) is 64.7 Å². The lowest BCUT2D eigenvalue weighted by Gasteiger charge is -2.19. The Morgan fingerprint density at radius 1 is 1.04 bits per heavy atom. The van der Waals surface area contributed by atoms with Crippen molar-refractivity contribution >= 4 is 17.7 Å². The summed E-state index contributed by atoms with van der Waals surface area (Å²) in [5.41, 5.74) is 1.87. The minimum absolute atomic E-state index is 0.00269. The fourth-order valence-electron chi connectivity index (χ4n) is 3.05. The maximum Gasteiger partial charge on any atom is 0.261 e. The molecule has 1 aliphatic heterocycles. The van der Waals surface area contributed by atoms with Crippen molar-refractivity contribution in [3.8, 4) is 5.75 Å². The van der Waals surface area contributed by atoms with Crippen LogP contribution < -0.4 is 10.1 Å². The van der Waals surface area contributed by atoms with Gasteiger partial charge in [-0.3, -0.25) is 19.3 Å². The van der Waals surface area contributed by atoms with Crippen LogP contribution in [0.5, 0.6) is 5.75 Å². The summed E-state index contributed by atoms with van der Waals surface area (Å²) >= 11 is 0. The van der Waals surface area contributed by atoms with E-state index in [4.69, 9.17) is 4.74 Å². The van der Waals surface area contributed by atoms with E-state index in [1.165, 1.54) is 12.0 Å². The molecule has 1 atom stereocenters. The van der Waals surface area contributed by atoms with Gasteiger partial charge >= 0.3 is 0 Å². The van der Waals surface area contributed by atoms with Gasteiger partial charge in [-0.15, -0.1) is 0 Å². The summed E-state index contributed by atoms with van der Waals surface area (Å²) in [5, 5.41) is 2.96. The molecule has 1 unspecified atom stereocenters. The first-order valence-corrected chi connectivity index (χ1v) is 9.26. The molecule has 28 heavy (non-hydrogen) atoms. The Bertz CT molecular complexity index is 901. The maximum absolute atomic E-state index is 12.7. The van der Waals surface area contributed by atoms with Crippen molar-refractivity contribution in [2.75, 3.05) is 7.11 Å². The Morgan fingerprint density at radius 2 is 1.64 bits per heavy atom. The van der Waals surface area contributed by atoms with Crippen molar-refractivity contribution < 1.29 is 19.1 Å². The minimum Gasteiger partial charge on any atom is -0.496 e. The quantitative estimate of drug-likeness (QED) is 0.781. The number of amides is 3. The summed E-state index contributed by atoms with van der Waals surface area (Å²) in [7, 11) is 1.50. The number of nitrogens with one attached hydrogen (secondary N) is 1. The van der Waals surface area contributed by atoms with Gasteiger partial charge in [-0.2, -0.15) is 0 Å². The first kappa shape index (κ1) is 19.6. The van der Waals surface area contributed by atoms with Crippen molar-refractivity contribution in [3.63, 3.8) is 0 Å². The maximum atomic E-state index is 12.7. The Balaban J connectivity index is 1.85. The number of benzene rings is 2. The molecule has 6 heteroatoms. The van der Waals surface area contributed by atoms with Gasteiger partial charge in [-0.25, -0.2) is 0 Å². The van der Waals surface area contributed by atoms with Gasteiger partial charge in [0.25, 0.3) is 17.7 Å². The molecule has 0 spiro atoms. The van der Waals surface area contributed by atoms with Crippen LogP contribution in [-0.2, 0) is 6.54 Å². The third kappa shape index (κ3) is 3.63. The molecule has 2 aromatic carbocycles. The molecule has 1 aliphatic rings. The standard InChI is InChI=1S/C22H24N2O4/c1-13(2)14(3)23-20(25)18-11-15(9-10-19(18)28-4)12-24-21(26)16-7-5-6-8-17(16)22(24)27/h5-11,13-14H,12H2,1-4H3,(H,23,25). The Morgan fingerprint density at radius 3 is 2.18 bits per heavy atom. The van der Waals surface area contributed by atoms with Crippen LogP contribution in [-0.4, -0.2) is 35.8 Å². The van der Waals surface area contributed by atoms with Crippen LogP contribution in [0.4, 0.5) is 0 Å². The zero-order valence-corrected chi connectivity index (χ0v) is 16.5. The van der Waals surface area contributed by atoms with Gasteiger partial charge in [0.15, 0.2) is 0 Å².